The van der Waals surface area contributed by atoms with E-state index in [-0.39, 0.29) is 10.9 Å². The Morgan fingerprint density at radius 3 is 2.43 bits per heavy atom. The molecule has 4 N–H and O–H groups in total. The van der Waals surface area contributed by atoms with Crippen LogP contribution in [-0.4, -0.2) is 55.9 Å². The number of aromatic nitrogens is 1. The topological polar surface area (TPSA) is 138 Å². The summed E-state index contributed by atoms with van der Waals surface area (Å²) in [4.78, 5) is 24.4. The van der Waals surface area contributed by atoms with Crippen molar-refractivity contribution in [2.45, 2.75) is 24.5 Å². The average Bonchev–Trinajstić information content (AvgIpc) is 3.03. The molecule has 9 heteroatoms. The van der Waals surface area contributed by atoms with Crippen LogP contribution in [-0.2, 0) is 4.74 Å². The first kappa shape index (κ1) is 20.0. The number of nitrogens with zero attached hydrogens (tertiary/aromatic N) is 1. The number of hydrogen-bond donors (Lipinski definition) is 4. The quantitative estimate of drug-likeness (QED) is 0.488. The van der Waals surface area contributed by atoms with E-state index >= 15 is 0 Å². The predicted octanol–water partition coefficient (Wildman–Crippen LogP) is 1.10. The van der Waals surface area contributed by atoms with Crippen molar-refractivity contribution in [3.05, 3.63) is 70.5 Å². The standard InChI is InChI=1S/C21H19NO8/c23-10-16-18(25)19(26)20(30-16)22-9-14(21(27)28)17(24)13-8-12(6-7-15(13)22)29-11-4-2-1-3-5-11/h1-9,16,18-20,23,25-26H,10H2,(H,27,28)/t16-,18-,19-,20-/m1/s1. The first-order valence-corrected chi connectivity index (χ1v) is 9.18. The molecule has 0 bridgehead atoms. The summed E-state index contributed by atoms with van der Waals surface area (Å²) in [6.45, 7) is -0.534. The Balaban J connectivity index is 1.86. The summed E-state index contributed by atoms with van der Waals surface area (Å²) in [7, 11) is 0. The fourth-order valence-electron chi connectivity index (χ4n) is 3.50. The zero-order valence-corrected chi connectivity index (χ0v) is 15.6. The van der Waals surface area contributed by atoms with Crippen molar-refractivity contribution in [3.8, 4) is 11.5 Å². The smallest absolute Gasteiger partial charge is 0.341 e. The van der Waals surface area contributed by atoms with Crippen molar-refractivity contribution in [1.29, 1.82) is 0 Å². The van der Waals surface area contributed by atoms with Crippen molar-refractivity contribution >= 4 is 16.9 Å². The molecule has 0 radical (unpaired) electrons. The van der Waals surface area contributed by atoms with Crippen LogP contribution in [0.2, 0.25) is 0 Å². The van der Waals surface area contributed by atoms with Crippen LogP contribution in [0.5, 0.6) is 11.5 Å². The fourth-order valence-corrected chi connectivity index (χ4v) is 3.50. The molecule has 2 heterocycles. The number of benzene rings is 2. The van der Waals surface area contributed by atoms with Gasteiger partial charge in [0, 0.05) is 6.20 Å². The van der Waals surface area contributed by atoms with Crippen LogP contribution in [0.4, 0.5) is 0 Å². The Hall–Kier alpha value is -3.24. The summed E-state index contributed by atoms with van der Waals surface area (Å²) in [5.74, 6) is -0.590. The molecule has 30 heavy (non-hydrogen) atoms. The average molecular weight is 413 g/mol. The van der Waals surface area contributed by atoms with Gasteiger partial charge in [0.15, 0.2) is 6.23 Å². The van der Waals surface area contributed by atoms with E-state index in [2.05, 4.69) is 0 Å². The zero-order valence-electron chi connectivity index (χ0n) is 15.6. The Morgan fingerprint density at radius 1 is 1.07 bits per heavy atom. The van der Waals surface area contributed by atoms with Crippen molar-refractivity contribution < 1.29 is 34.7 Å². The van der Waals surface area contributed by atoms with Gasteiger partial charge >= 0.3 is 5.97 Å². The van der Waals surface area contributed by atoms with Gasteiger partial charge in [-0.05, 0) is 30.3 Å². The first-order valence-electron chi connectivity index (χ1n) is 9.18. The minimum Gasteiger partial charge on any atom is -0.477 e. The minimum absolute atomic E-state index is 0.0427. The number of fused-ring (bicyclic) bond motifs is 1. The Kier molecular flexibility index (Phi) is 5.27. The number of carboxylic acid groups (broad SMARTS) is 1. The predicted molar refractivity (Wildman–Crippen MR) is 105 cm³/mol. The number of carboxylic acids is 1. The van der Waals surface area contributed by atoms with Gasteiger partial charge in [0.25, 0.3) is 0 Å². The SMILES string of the molecule is O=C(O)c1cn([C@@H]2O[C@H](CO)[C@@H](O)[C@H]2O)c2ccc(Oc3ccccc3)cc2c1=O. The molecule has 0 saturated carbocycles. The van der Waals surface area contributed by atoms with Crippen molar-refractivity contribution in [2.24, 2.45) is 0 Å². The molecule has 4 atom stereocenters. The highest BCUT2D eigenvalue weighted by molar-refractivity contribution is 5.93. The molecule has 3 aromatic rings. The van der Waals surface area contributed by atoms with Crippen LogP contribution in [0.1, 0.15) is 16.6 Å². The van der Waals surface area contributed by atoms with E-state index in [4.69, 9.17) is 9.47 Å². The second-order valence-electron chi connectivity index (χ2n) is 6.91. The fraction of sp³-hybridized carbons (Fsp3) is 0.238. The number of para-hydroxylation sites is 1. The molecule has 9 nitrogen and oxygen atoms in total. The van der Waals surface area contributed by atoms with E-state index < -0.39 is 48.1 Å². The van der Waals surface area contributed by atoms with Gasteiger partial charge < -0.3 is 34.5 Å². The minimum atomic E-state index is -1.45. The highest BCUT2D eigenvalue weighted by Gasteiger charge is 2.43. The number of pyridine rings is 1. The first-order chi connectivity index (χ1) is 14.4. The highest BCUT2D eigenvalue weighted by atomic mass is 16.6. The number of aliphatic hydroxyl groups is 3. The van der Waals surface area contributed by atoms with Gasteiger partial charge in [-0.25, -0.2) is 4.79 Å². The molecule has 0 amide bonds. The summed E-state index contributed by atoms with van der Waals surface area (Å²) < 4.78 is 12.5. The lowest BCUT2D eigenvalue weighted by Gasteiger charge is -2.22. The Labute approximate surface area is 170 Å². The van der Waals surface area contributed by atoms with Crippen molar-refractivity contribution in [1.82, 2.24) is 4.57 Å². The van der Waals surface area contributed by atoms with Crippen molar-refractivity contribution in [3.63, 3.8) is 0 Å². The van der Waals surface area contributed by atoms with E-state index in [1.165, 1.54) is 16.7 Å². The van der Waals surface area contributed by atoms with Gasteiger partial charge in [-0.1, -0.05) is 18.2 Å². The lowest BCUT2D eigenvalue weighted by molar-refractivity contribution is -0.0509. The third-order valence-electron chi connectivity index (χ3n) is 5.00. The molecule has 1 saturated heterocycles. The van der Waals surface area contributed by atoms with Gasteiger partial charge in [-0.15, -0.1) is 0 Å². The van der Waals surface area contributed by atoms with Crippen molar-refractivity contribution in [2.75, 3.05) is 6.61 Å². The maximum Gasteiger partial charge on any atom is 0.341 e. The molecule has 1 aromatic heterocycles. The van der Waals surface area contributed by atoms with Crippen LogP contribution in [0.25, 0.3) is 10.9 Å². The van der Waals surface area contributed by atoms with E-state index in [9.17, 15) is 30.0 Å². The van der Waals surface area contributed by atoms with Crippen LogP contribution in [0.15, 0.2) is 59.5 Å². The molecule has 1 fully saturated rings. The number of rotatable bonds is 5. The van der Waals surface area contributed by atoms with E-state index in [1.54, 1.807) is 30.3 Å². The van der Waals surface area contributed by atoms with Crippen LogP contribution in [0, 0.1) is 0 Å². The largest absolute Gasteiger partial charge is 0.477 e. The molecule has 4 rings (SSSR count). The van der Waals surface area contributed by atoms with Gasteiger partial charge in [-0.3, -0.25) is 4.79 Å². The number of hydrogen-bond acceptors (Lipinski definition) is 7. The number of ether oxygens (including phenoxy) is 2. The lowest BCUT2D eigenvalue weighted by Crippen LogP contribution is -2.33. The van der Waals surface area contributed by atoms with Gasteiger partial charge in [0.1, 0.15) is 35.4 Å². The molecule has 0 aliphatic carbocycles. The highest BCUT2D eigenvalue weighted by Crippen LogP contribution is 2.33. The van der Waals surface area contributed by atoms with E-state index in [0.29, 0.717) is 11.5 Å². The maximum atomic E-state index is 12.8. The van der Waals surface area contributed by atoms with Gasteiger partial charge in [0.05, 0.1) is 17.5 Å². The number of aromatic carboxylic acids is 1. The molecular formula is C21H19NO8. The van der Waals surface area contributed by atoms with Gasteiger partial charge in [0.2, 0.25) is 5.43 Å². The molecule has 0 unspecified atom stereocenters. The summed E-state index contributed by atoms with van der Waals surface area (Å²) in [6, 6.07) is 13.4. The van der Waals surface area contributed by atoms with Crippen LogP contribution < -0.4 is 10.2 Å². The summed E-state index contributed by atoms with van der Waals surface area (Å²) in [5, 5.41) is 39.3. The molecule has 1 aliphatic heterocycles. The molecule has 0 spiro atoms. The Morgan fingerprint density at radius 2 is 1.80 bits per heavy atom. The van der Waals surface area contributed by atoms with Crippen LogP contribution in [0.3, 0.4) is 0 Å². The second kappa shape index (κ2) is 7.88. The van der Waals surface area contributed by atoms with E-state index in [1.807, 2.05) is 6.07 Å². The summed E-state index contributed by atoms with van der Waals surface area (Å²) in [5.41, 5.74) is -0.976. The van der Waals surface area contributed by atoms with Gasteiger partial charge in [-0.2, -0.15) is 0 Å². The zero-order chi connectivity index (χ0) is 21.4. The third kappa shape index (κ3) is 3.44. The second-order valence-corrected chi connectivity index (χ2v) is 6.91. The Bertz CT molecular complexity index is 1140. The number of aliphatic hydroxyl groups excluding tert-OH is 3. The lowest BCUT2D eigenvalue weighted by atomic mass is 10.1. The molecule has 2 aromatic carbocycles. The number of carbonyl (C=O) groups is 1. The monoisotopic (exact) mass is 413 g/mol. The normalized spacial score (nSPS) is 23.6. The van der Waals surface area contributed by atoms with Crippen LogP contribution >= 0.6 is 0 Å². The molecule has 156 valence electrons. The van der Waals surface area contributed by atoms with E-state index in [0.717, 1.165) is 6.20 Å². The molecular weight excluding hydrogens is 394 g/mol. The maximum absolute atomic E-state index is 12.8. The molecule has 1 aliphatic rings. The third-order valence-corrected chi connectivity index (χ3v) is 5.00. The summed E-state index contributed by atoms with van der Waals surface area (Å²) in [6.07, 6.45) is -3.99. The summed E-state index contributed by atoms with van der Waals surface area (Å²) >= 11 is 0.